The number of primary amides is 1. The summed E-state index contributed by atoms with van der Waals surface area (Å²) in [5, 5.41) is 21.3. The van der Waals surface area contributed by atoms with Crippen LogP contribution in [-0.4, -0.2) is 53.6 Å². The van der Waals surface area contributed by atoms with Gasteiger partial charge in [-0.1, -0.05) is 56.3 Å². The molecule has 0 aliphatic rings. The minimum Gasteiger partial charge on any atom is -0.445 e. The molecular weight excluding hydrogens is 652 g/mol. The maximum Gasteiger partial charge on any atom is 0.514 e. The van der Waals surface area contributed by atoms with E-state index in [1.807, 2.05) is 32.0 Å². The van der Waals surface area contributed by atoms with Gasteiger partial charge in [-0.3, -0.25) is 19.7 Å². The number of benzene rings is 3. The Hall–Kier alpha value is -6.19. The van der Waals surface area contributed by atoms with Crippen molar-refractivity contribution < 1.29 is 43.1 Å². The molecule has 0 unspecified atom stereocenters. The molecule has 0 saturated carbocycles. The molecule has 5 amide bonds. The lowest BCUT2D eigenvalue weighted by atomic mass is 10.0. The van der Waals surface area contributed by atoms with E-state index in [0.29, 0.717) is 17.7 Å². The van der Waals surface area contributed by atoms with Gasteiger partial charge >= 0.3 is 18.3 Å². The van der Waals surface area contributed by atoms with E-state index in [0.717, 1.165) is 5.56 Å². The highest BCUT2D eigenvalue weighted by Gasteiger charge is 2.28. The summed E-state index contributed by atoms with van der Waals surface area (Å²) in [5.41, 5.74) is 6.70. The second-order valence-corrected chi connectivity index (χ2v) is 11.5. The lowest BCUT2D eigenvalue weighted by molar-refractivity contribution is -0.384. The Morgan fingerprint density at radius 3 is 2.06 bits per heavy atom. The Labute approximate surface area is 288 Å². The van der Waals surface area contributed by atoms with Crippen LogP contribution in [0.25, 0.3) is 0 Å². The van der Waals surface area contributed by atoms with Crippen LogP contribution in [0.2, 0.25) is 0 Å². The zero-order chi connectivity index (χ0) is 36.5. The second kappa shape index (κ2) is 19.6. The molecule has 0 spiro atoms. The van der Waals surface area contributed by atoms with Crippen molar-refractivity contribution in [3.05, 3.63) is 100 Å². The van der Waals surface area contributed by atoms with Crippen molar-refractivity contribution in [2.24, 2.45) is 11.7 Å². The lowest BCUT2D eigenvalue weighted by Gasteiger charge is -2.24. The minimum atomic E-state index is -1.05. The highest BCUT2D eigenvalue weighted by Crippen LogP contribution is 2.18. The highest BCUT2D eigenvalue weighted by atomic mass is 16.7. The van der Waals surface area contributed by atoms with E-state index in [-0.39, 0.29) is 50.0 Å². The number of non-ortho nitro benzene ring substituents is 1. The number of anilines is 1. The summed E-state index contributed by atoms with van der Waals surface area (Å²) in [6, 6.07) is 17.5. The van der Waals surface area contributed by atoms with Gasteiger partial charge in [0.15, 0.2) is 0 Å². The van der Waals surface area contributed by atoms with Gasteiger partial charge in [-0.25, -0.2) is 14.4 Å². The molecule has 0 aliphatic carbocycles. The molecule has 2 atom stereocenters. The van der Waals surface area contributed by atoms with Gasteiger partial charge in [-0.05, 0) is 60.6 Å². The van der Waals surface area contributed by atoms with E-state index in [1.54, 1.807) is 36.4 Å². The first kappa shape index (κ1) is 38.3. The number of rotatable bonds is 17. The molecule has 0 aliphatic heterocycles. The summed E-state index contributed by atoms with van der Waals surface area (Å²) in [4.78, 5) is 72.7. The molecule has 16 heteroatoms. The molecule has 0 radical (unpaired) electrons. The molecule has 0 fully saturated rings. The number of carbonyl (C=O) groups excluding carboxylic acids is 5. The number of nitro groups is 1. The second-order valence-electron chi connectivity index (χ2n) is 11.5. The molecule has 16 nitrogen and oxygen atoms in total. The number of nitrogens with zero attached hydrogens (tertiary/aromatic N) is 1. The standard InChI is InChI=1S/C34H40N6O10/c1-22(2)19-29(39-33(44)48-20-23-7-4-3-5-8-23)31(42)38-28(9-6-18-36-32(35)43)30(41)37-25-12-10-24(11-13-25)21-49-34(45)50-27-16-14-26(15-17-27)40(46)47/h3-5,7-8,10-17,22,28-29H,6,9,18-21H2,1-2H3,(H,37,41)(H,38,42)(H,39,44)(H3,35,36,43)/t28-,29-/m0/s1. The van der Waals surface area contributed by atoms with Crippen LogP contribution in [0.3, 0.4) is 0 Å². The number of hydrogen-bond acceptors (Lipinski definition) is 10. The number of carbonyl (C=O) groups is 5. The van der Waals surface area contributed by atoms with Crippen molar-refractivity contribution in [3.63, 3.8) is 0 Å². The summed E-state index contributed by atoms with van der Waals surface area (Å²) in [5.74, 6) is -1.06. The summed E-state index contributed by atoms with van der Waals surface area (Å²) < 4.78 is 15.4. The van der Waals surface area contributed by atoms with Crippen molar-refractivity contribution in [2.45, 2.75) is 58.4 Å². The van der Waals surface area contributed by atoms with Crippen LogP contribution in [-0.2, 0) is 32.3 Å². The molecular formula is C34H40N6O10. The number of hydrogen-bond donors (Lipinski definition) is 5. The van der Waals surface area contributed by atoms with E-state index in [1.165, 1.54) is 24.3 Å². The van der Waals surface area contributed by atoms with Crippen LogP contribution in [0.1, 0.15) is 44.2 Å². The van der Waals surface area contributed by atoms with Gasteiger partial charge < -0.3 is 41.2 Å². The minimum absolute atomic E-state index is 0.0117. The van der Waals surface area contributed by atoms with Gasteiger partial charge in [0.25, 0.3) is 5.69 Å². The first-order valence-corrected chi connectivity index (χ1v) is 15.7. The SMILES string of the molecule is CC(C)C[C@H](NC(=O)OCc1ccccc1)C(=O)N[C@@H](CCCNC(N)=O)C(=O)Nc1ccc(COC(=O)Oc2ccc([N+](=O)[O-])cc2)cc1. The largest absolute Gasteiger partial charge is 0.514 e. The maximum atomic E-state index is 13.4. The first-order valence-electron chi connectivity index (χ1n) is 15.7. The summed E-state index contributed by atoms with van der Waals surface area (Å²) >= 11 is 0. The number of nitrogens with two attached hydrogens (primary N) is 1. The van der Waals surface area contributed by atoms with Crippen molar-refractivity contribution >= 4 is 41.5 Å². The number of nitro benzene ring substituents is 1. The molecule has 6 N–H and O–H groups in total. The van der Waals surface area contributed by atoms with Crippen LogP contribution in [0, 0.1) is 16.0 Å². The zero-order valence-corrected chi connectivity index (χ0v) is 27.6. The average molecular weight is 693 g/mol. The van der Waals surface area contributed by atoms with Gasteiger partial charge in [-0.15, -0.1) is 0 Å². The molecule has 0 heterocycles. The first-order chi connectivity index (χ1) is 23.9. The van der Waals surface area contributed by atoms with Crippen molar-refractivity contribution in [1.82, 2.24) is 16.0 Å². The van der Waals surface area contributed by atoms with Gasteiger partial charge in [0, 0.05) is 24.4 Å². The number of urea groups is 1. The van der Waals surface area contributed by atoms with Gasteiger partial charge in [-0.2, -0.15) is 0 Å². The van der Waals surface area contributed by atoms with E-state index < -0.39 is 47.1 Å². The third kappa shape index (κ3) is 13.9. The van der Waals surface area contributed by atoms with Crippen molar-refractivity contribution in [2.75, 3.05) is 11.9 Å². The number of nitrogens with one attached hydrogen (secondary N) is 4. The van der Waals surface area contributed by atoms with E-state index >= 15 is 0 Å². The number of amides is 5. The quantitative estimate of drug-likeness (QED) is 0.0436. The Kier molecular flexibility index (Phi) is 15.0. The summed E-state index contributed by atoms with van der Waals surface area (Å²) in [7, 11) is 0. The predicted octanol–water partition coefficient (Wildman–Crippen LogP) is 4.52. The van der Waals surface area contributed by atoms with E-state index in [9.17, 15) is 34.1 Å². The predicted molar refractivity (Wildman–Crippen MR) is 181 cm³/mol. The molecule has 50 heavy (non-hydrogen) atoms. The normalized spacial score (nSPS) is 11.7. The zero-order valence-electron chi connectivity index (χ0n) is 27.6. The Morgan fingerprint density at radius 2 is 1.44 bits per heavy atom. The van der Waals surface area contributed by atoms with Gasteiger partial charge in [0.2, 0.25) is 11.8 Å². The lowest BCUT2D eigenvalue weighted by Crippen LogP contribution is -2.53. The molecule has 3 rings (SSSR count). The van der Waals surface area contributed by atoms with Crippen LogP contribution < -0.4 is 31.7 Å². The highest BCUT2D eigenvalue weighted by molar-refractivity contribution is 5.98. The molecule has 0 aromatic heterocycles. The summed E-state index contributed by atoms with van der Waals surface area (Å²) in [6.45, 7) is 3.78. The smallest absolute Gasteiger partial charge is 0.445 e. The molecule has 3 aromatic carbocycles. The fraction of sp³-hybridized carbons (Fsp3) is 0.324. The van der Waals surface area contributed by atoms with E-state index in [2.05, 4.69) is 21.3 Å². The van der Waals surface area contributed by atoms with Gasteiger partial charge in [0.05, 0.1) is 4.92 Å². The molecule has 0 bridgehead atoms. The molecule has 0 saturated heterocycles. The topological polar surface area (TPSA) is 230 Å². The van der Waals surface area contributed by atoms with E-state index in [4.69, 9.17) is 19.9 Å². The third-order valence-corrected chi connectivity index (χ3v) is 6.96. The van der Waals surface area contributed by atoms with Gasteiger partial charge in [0.1, 0.15) is 31.0 Å². The third-order valence-electron chi connectivity index (χ3n) is 6.96. The Bertz CT molecular complexity index is 1600. The fourth-order valence-corrected chi connectivity index (χ4v) is 4.49. The Balaban J connectivity index is 1.59. The average Bonchev–Trinajstić information content (AvgIpc) is 3.08. The molecule has 266 valence electrons. The van der Waals surface area contributed by atoms with Crippen LogP contribution in [0.5, 0.6) is 5.75 Å². The fourth-order valence-electron chi connectivity index (χ4n) is 4.49. The maximum absolute atomic E-state index is 13.4. The summed E-state index contributed by atoms with van der Waals surface area (Å²) in [6.07, 6.45) is -1.10. The van der Waals surface area contributed by atoms with Crippen LogP contribution in [0.4, 0.5) is 25.8 Å². The van der Waals surface area contributed by atoms with Crippen LogP contribution in [0.15, 0.2) is 78.9 Å². The van der Waals surface area contributed by atoms with Crippen molar-refractivity contribution in [3.8, 4) is 5.75 Å². The molecule has 3 aromatic rings. The van der Waals surface area contributed by atoms with Crippen molar-refractivity contribution in [1.29, 1.82) is 0 Å². The number of ether oxygens (including phenoxy) is 3. The number of alkyl carbamates (subject to hydrolysis) is 1. The monoisotopic (exact) mass is 692 g/mol. The van der Waals surface area contributed by atoms with Crippen LogP contribution >= 0.6 is 0 Å². The Morgan fingerprint density at radius 1 is 0.800 bits per heavy atom.